The fourth-order valence-corrected chi connectivity index (χ4v) is 2.70. The number of nitrogens with one attached hydrogen (secondary N) is 1. The monoisotopic (exact) mass is 198 g/mol. The molecule has 0 aromatic carbocycles. The standard InChI is InChI=1S/C10H18N2S/c1-10(2,8-4-5-8)12-9-11-6-3-7-13-9/h8H,3-7H2,1-2H3,(H,11,12). The van der Waals surface area contributed by atoms with Crippen LogP contribution in [0.15, 0.2) is 4.99 Å². The Morgan fingerprint density at radius 2 is 2.23 bits per heavy atom. The molecule has 0 atom stereocenters. The zero-order chi connectivity index (χ0) is 9.31. The molecule has 0 saturated heterocycles. The van der Waals surface area contributed by atoms with E-state index in [2.05, 4.69) is 24.2 Å². The largest absolute Gasteiger partial charge is 0.360 e. The van der Waals surface area contributed by atoms with Crippen molar-refractivity contribution in [2.24, 2.45) is 10.9 Å². The Morgan fingerprint density at radius 3 is 2.77 bits per heavy atom. The molecule has 0 unspecified atom stereocenters. The molecule has 1 aliphatic heterocycles. The summed E-state index contributed by atoms with van der Waals surface area (Å²) in [7, 11) is 0. The summed E-state index contributed by atoms with van der Waals surface area (Å²) in [4.78, 5) is 4.49. The molecule has 1 saturated carbocycles. The molecule has 3 heteroatoms. The summed E-state index contributed by atoms with van der Waals surface area (Å²) in [5, 5.41) is 4.74. The van der Waals surface area contributed by atoms with E-state index in [1.807, 2.05) is 11.8 Å². The lowest BCUT2D eigenvalue weighted by atomic mass is 9.99. The van der Waals surface area contributed by atoms with Gasteiger partial charge in [-0.15, -0.1) is 0 Å². The molecule has 2 aliphatic rings. The van der Waals surface area contributed by atoms with Gasteiger partial charge in [-0.25, -0.2) is 0 Å². The van der Waals surface area contributed by atoms with Crippen molar-refractivity contribution in [1.82, 2.24) is 5.32 Å². The molecule has 0 bridgehead atoms. The lowest BCUT2D eigenvalue weighted by Crippen LogP contribution is -2.44. The van der Waals surface area contributed by atoms with E-state index >= 15 is 0 Å². The van der Waals surface area contributed by atoms with Crippen LogP contribution in [0.2, 0.25) is 0 Å². The van der Waals surface area contributed by atoms with Crippen molar-refractivity contribution in [3.8, 4) is 0 Å². The Hall–Kier alpha value is -0.180. The maximum absolute atomic E-state index is 4.49. The van der Waals surface area contributed by atoms with Crippen LogP contribution >= 0.6 is 11.8 Å². The first-order valence-corrected chi connectivity index (χ1v) is 6.12. The van der Waals surface area contributed by atoms with Crippen molar-refractivity contribution in [1.29, 1.82) is 0 Å². The summed E-state index contributed by atoms with van der Waals surface area (Å²) in [5.41, 5.74) is 0.267. The van der Waals surface area contributed by atoms with E-state index in [1.165, 1.54) is 30.2 Å². The summed E-state index contributed by atoms with van der Waals surface area (Å²) >= 11 is 1.87. The van der Waals surface area contributed by atoms with Crippen LogP contribution in [0.1, 0.15) is 33.1 Å². The molecule has 0 spiro atoms. The van der Waals surface area contributed by atoms with Crippen LogP contribution in [-0.2, 0) is 0 Å². The predicted octanol–water partition coefficient (Wildman–Crippen LogP) is 2.26. The molecule has 2 rings (SSSR count). The molecule has 1 N–H and O–H groups in total. The Kier molecular flexibility index (Phi) is 2.54. The van der Waals surface area contributed by atoms with Crippen LogP contribution in [0.4, 0.5) is 0 Å². The maximum Gasteiger partial charge on any atom is 0.156 e. The second kappa shape index (κ2) is 3.52. The second-order valence-electron chi connectivity index (χ2n) is 4.51. The van der Waals surface area contributed by atoms with Gasteiger partial charge in [0.1, 0.15) is 0 Å². The number of rotatable bonds is 2. The lowest BCUT2D eigenvalue weighted by molar-refractivity contribution is 0.404. The van der Waals surface area contributed by atoms with Gasteiger partial charge >= 0.3 is 0 Å². The molecule has 74 valence electrons. The molecule has 2 nitrogen and oxygen atoms in total. The van der Waals surface area contributed by atoms with E-state index in [-0.39, 0.29) is 5.54 Å². The van der Waals surface area contributed by atoms with Crippen molar-refractivity contribution in [3.63, 3.8) is 0 Å². The van der Waals surface area contributed by atoms with E-state index in [4.69, 9.17) is 0 Å². The zero-order valence-corrected chi connectivity index (χ0v) is 9.28. The van der Waals surface area contributed by atoms with Gasteiger partial charge in [-0.3, -0.25) is 4.99 Å². The van der Waals surface area contributed by atoms with Crippen LogP contribution in [0, 0.1) is 5.92 Å². The van der Waals surface area contributed by atoms with E-state index in [9.17, 15) is 0 Å². The van der Waals surface area contributed by atoms with Crippen molar-refractivity contribution in [3.05, 3.63) is 0 Å². The van der Waals surface area contributed by atoms with Crippen molar-refractivity contribution >= 4 is 16.9 Å². The van der Waals surface area contributed by atoms with Crippen LogP contribution in [-0.4, -0.2) is 23.0 Å². The summed E-state index contributed by atoms with van der Waals surface area (Å²) in [6.07, 6.45) is 4.01. The number of amidine groups is 1. The minimum Gasteiger partial charge on any atom is -0.360 e. The van der Waals surface area contributed by atoms with E-state index in [1.54, 1.807) is 0 Å². The van der Waals surface area contributed by atoms with Gasteiger partial charge in [-0.05, 0) is 39.0 Å². The highest BCUT2D eigenvalue weighted by atomic mass is 32.2. The van der Waals surface area contributed by atoms with Crippen molar-refractivity contribution < 1.29 is 0 Å². The van der Waals surface area contributed by atoms with Gasteiger partial charge in [0.15, 0.2) is 5.17 Å². The van der Waals surface area contributed by atoms with E-state index < -0.39 is 0 Å². The minimum atomic E-state index is 0.267. The topological polar surface area (TPSA) is 24.4 Å². The third-order valence-corrected chi connectivity index (χ3v) is 3.82. The second-order valence-corrected chi connectivity index (χ2v) is 5.59. The van der Waals surface area contributed by atoms with E-state index in [0.717, 1.165) is 12.5 Å². The zero-order valence-electron chi connectivity index (χ0n) is 8.47. The van der Waals surface area contributed by atoms with Gasteiger partial charge in [0, 0.05) is 17.8 Å². The predicted molar refractivity (Wildman–Crippen MR) is 59.3 cm³/mol. The van der Waals surface area contributed by atoms with E-state index in [0.29, 0.717) is 0 Å². The van der Waals surface area contributed by atoms with Gasteiger partial charge in [0.25, 0.3) is 0 Å². The van der Waals surface area contributed by atoms with Crippen LogP contribution in [0.25, 0.3) is 0 Å². The highest BCUT2D eigenvalue weighted by molar-refractivity contribution is 8.13. The highest BCUT2D eigenvalue weighted by Gasteiger charge is 2.38. The number of thioether (sulfide) groups is 1. The third-order valence-electron chi connectivity index (χ3n) is 2.82. The average Bonchev–Trinajstić information content (AvgIpc) is 2.87. The van der Waals surface area contributed by atoms with Gasteiger partial charge in [0.2, 0.25) is 0 Å². The Bertz CT molecular complexity index is 219. The number of aliphatic imine (C=N–C) groups is 1. The van der Waals surface area contributed by atoms with Gasteiger partial charge in [-0.2, -0.15) is 0 Å². The third kappa shape index (κ3) is 2.39. The normalized spacial score (nSPS) is 24.0. The van der Waals surface area contributed by atoms with Gasteiger partial charge in [-0.1, -0.05) is 11.8 Å². The fourth-order valence-electron chi connectivity index (χ4n) is 1.72. The molecule has 1 heterocycles. The minimum absolute atomic E-state index is 0.267. The first kappa shape index (κ1) is 9.38. The summed E-state index contributed by atoms with van der Waals surface area (Å²) in [6, 6.07) is 0. The maximum atomic E-state index is 4.49. The summed E-state index contributed by atoms with van der Waals surface area (Å²) < 4.78 is 0. The molecule has 1 aliphatic carbocycles. The fraction of sp³-hybridized carbons (Fsp3) is 0.900. The molecule has 0 amide bonds. The quantitative estimate of drug-likeness (QED) is 0.736. The van der Waals surface area contributed by atoms with Crippen LogP contribution in [0.3, 0.4) is 0 Å². The van der Waals surface area contributed by atoms with Crippen molar-refractivity contribution in [2.75, 3.05) is 12.3 Å². The summed E-state index contributed by atoms with van der Waals surface area (Å²) in [5.74, 6) is 2.10. The van der Waals surface area contributed by atoms with Gasteiger partial charge in [0.05, 0.1) is 0 Å². The first-order chi connectivity index (χ1) is 6.18. The molecule has 0 aromatic rings. The first-order valence-electron chi connectivity index (χ1n) is 5.14. The molecule has 0 aromatic heterocycles. The highest BCUT2D eigenvalue weighted by Crippen LogP contribution is 2.39. The molecular formula is C10H18N2S. The average molecular weight is 198 g/mol. The molecular weight excluding hydrogens is 180 g/mol. The van der Waals surface area contributed by atoms with Crippen molar-refractivity contribution in [2.45, 2.75) is 38.6 Å². The smallest absolute Gasteiger partial charge is 0.156 e. The molecule has 0 radical (unpaired) electrons. The Labute approximate surface area is 84.6 Å². The molecule has 1 fully saturated rings. The Balaban J connectivity index is 1.91. The molecule has 13 heavy (non-hydrogen) atoms. The van der Waals surface area contributed by atoms with Crippen LogP contribution < -0.4 is 5.32 Å². The van der Waals surface area contributed by atoms with Gasteiger partial charge < -0.3 is 5.32 Å². The Morgan fingerprint density at radius 1 is 1.46 bits per heavy atom. The SMILES string of the molecule is CC(C)(NC1=NCCCS1)C1CC1. The lowest BCUT2D eigenvalue weighted by Gasteiger charge is -2.28. The number of nitrogens with zero attached hydrogens (tertiary/aromatic N) is 1. The van der Waals surface area contributed by atoms with Crippen LogP contribution in [0.5, 0.6) is 0 Å². The summed E-state index contributed by atoms with van der Waals surface area (Å²) in [6.45, 7) is 5.60. The number of hydrogen-bond donors (Lipinski definition) is 1. The number of hydrogen-bond acceptors (Lipinski definition) is 3.